The van der Waals surface area contributed by atoms with Gasteiger partial charge in [-0.1, -0.05) is 23.7 Å². The lowest BCUT2D eigenvalue weighted by molar-refractivity contribution is 0.457. The lowest BCUT2D eigenvalue weighted by Crippen LogP contribution is -2.08. The third kappa shape index (κ3) is 3.30. The summed E-state index contributed by atoms with van der Waals surface area (Å²) in [6, 6.07) is 13.2. The average molecular weight is 400 g/mol. The molecule has 0 aliphatic carbocycles. The van der Waals surface area contributed by atoms with Crippen molar-refractivity contribution in [1.29, 1.82) is 0 Å². The second-order valence-corrected chi connectivity index (χ2v) is 6.92. The summed E-state index contributed by atoms with van der Waals surface area (Å²) in [5, 5.41) is 21.0. The molecule has 3 aromatic heterocycles. The first-order valence-corrected chi connectivity index (χ1v) is 9.28. The Morgan fingerprint density at radius 1 is 0.966 bits per heavy atom. The smallest absolute Gasteiger partial charge is 0.198 e. The van der Waals surface area contributed by atoms with E-state index in [0.717, 1.165) is 32.9 Å². The van der Waals surface area contributed by atoms with Gasteiger partial charge in [0.15, 0.2) is 5.88 Å². The quantitative estimate of drug-likeness (QED) is 0.509. The number of aromatic amines is 1. The topological polar surface area (TPSA) is 86.5 Å². The number of nitrogens with zero attached hydrogens (tertiary/aromatic N) is 4. The predicted molar refractivity (Wildman–Crippen MR) is 113 cm³/mol. The van der Waals surface area contributed by atoms with E-state index in [1.807, 2.05) is 48.6 Å². The summed E-state index contributed by atoms with van der Waals surface area (Å²) >= 11 is 6.01. The van der Waals surface area contributed by atoms with Crippen molar-refractivity contribution in [2.45, 2.75) is 0 Å². The molecule has 0 atom stereocenters. The molecule has 0 radical (unpaired) electrons. The monoisotopic (exact) mass is 399 g/mol. The summed E-state index contributed by atoms with van der Waals surface area (Å²) in [5.41, 5.74) is 4.53. The predicted octanol–water partition coefficient (Wildman–Crippen LogP) is 4.06. The molecule has 0 fully saturated rings. The molecule has 140 valence electrons. The van der Waals surface area contributed by atoms with E-state index in [-0.39, 0.29) is 5.88 Å². The highest BCUT2D eigenvalue weighted by atomic mass is 35.5. The number of H-pyrrole nitrogens is 1. The SMILES string of the molecule is Oc1[nH]c2ccc(Cl)nc2c1C=c1ccc2c(c1)N=NC=2C=Cc1ccncc1. The van der Waals surface area contributed by atoms with Crippen molar-refractivity contribution in [3.63, 3.8) is 0 Å². The van der Waals surface area contributed by atoms with Gasteiger partial charge in [-0.05, 0) is 59.3 Å². The molecule has 29 heavy (non-hydrogen) atoms. The number of hydrogen-bond acceptors (Lipinski definition) is 5. The summed E-state index contributed by atoms with van der Waals surface area (Å²) in [6.45, 7) is 0. The Labute approximate surface area is 170 Å². The van der Waals surface area contributed by atoms with Gasteiger partial charge in [-0.3, -0.25) is 4.98 Å². The summed E-state index contributed by atoms with van der Waals surface area (Å²) in [5.74, 6) is 0.0458. The number of azo groups is 1. The normalized spacial score (nSPS) is 13.7. The van der Waals surface area contributed by atoms with Gasteiger partial charge in [0.2, 0.25) is 0 Å². The number of aromatic hydroxyl groups is 1. The van der Waals surface area contributed by atoms with Gasteiger partial charge in [0.05, 0.1) is 22.5 Å². The van der Waals surface area contributed by atoms with Crippen LogP contribution in [0, 0.1) is 0 Å². The van der Waals surface area contributed by atoms with Crippen LogP contribution in [0.1, 0.15) is 11.1 Å². The van der Waals surface area contributed by atoms with Crippen LogP contribution in [-0.2, 0) is 0 Å². The molecule has 1 aliphatic heterocycles. The van der Waals surface area contributed by atoms with E-state index in [9.17, 15) is 5.11 Å². The van der Waals surface area contributed by atoms with Crippen LogP contribution in [0.3, 0.4) is 0 Å². The van der Waals surface area contributed by atoms with Crippen LogP contribution in [0.15, 0.2) is 71.2 Å². The summed E-state index contributed by atoms with van der Waals surface area (Å²) in [7, 11) is 0. The molecule has 5 rings (SSSR count). The Kier molecular flexibility index (Phi) is 4.18. The van der Waals surface area contributed by atoms with Crippen LogP contribution in [0.5, 0.6) is 5.88 Å². The van der Waals surface area contributed by atoms with E-state index < -0.39 is 0 Å². The van der Waals surface area contributed by atoms with Crippen LogP contribution in [0.4, 0.5) is 5.69 Å². The molecule has 0 unspecified atom stereocenters. The van der Waals surface area contributed by atoms with Gasteiger partial charge in [0.25, 0.3) is 0 Å². The third-order valence-electron chi connectivity index (χ3n) is 4.64. The minimum atomic E-state index is 0.0458. The number of aromatic nitrogens is 3. The van der Waals surface area contributed by atoms with Crippen molar-refractivity contribution in [2.24, 2.45) is 10.2 Å². The summed E-state index contributed by atoms with van der Waals surface area (Å²) < 4.78 is 0. The second-order valence-electron chi connectivity index (χ2n) is 6.54. The molecule has 4 heterocycles. The maximum atomic E-state index is 10.3. The summed E-state index contributed by atoms with van der Waals surface area (Å²) in [6.07, 6.45) is 9.26. The van der Waals surface area contributed by atoms with Crippen molar-refractivity contribution in [3.05, 3.63) is 87.7 Å². The first kappa shape index (κ1) is 17.3. The molecule has 7 heteroatoms. The highest BCUT2D eigenvalue weighted by Crippen LogP contribution is 2.27. The maximum absolute atomic E-state index is 10.3. The Morgan fingerprint density at radius 3 is 2.69 bits per heavy atom. The van der Waals surface area contributed by atoms with E-state index in [1.54, 1.807) is 24.5 Å². The van der Waals surface area contributed by atoms with Gasteiger partial charge in [0, 0.05) is 17.6 Å². The molecular weight excluding hydrogens is 386 g/mol. The van der Waals surface area contributed by atoms with E-state index >= 15 is 0 Å². The van der Waals surface area contributed by atoms with Gasteiger partial charge in [-0.2, -0.15) is 0 Å². The second kappa shape index (κ2) is 7.00. The van der Waals surface area contributed by atoms with Crippen molar-refractivity contribution in [1.82, 2.24) is 15.0 Å². The highest BCUT2D eigenvalue weighted by molar-refractivity contribution is 6.29. The van der Waals surface area contributed by atoms with Crippen molar-refractivity contribution in [2.75, 3.05) is 0 Å². The molecule has 0 bridgehead atoms. The van der Waals surface area contributed by atoms with Crippen LogP contribution >= 0.6 is 11.6 Å². The Balaban J connectivity index is 1.57. The van der Waals surface area contributed by atoms with Crippen molar-refractivity contribution in [3.8, 4) is 5.88 Å². The van der Waals surface area contributed by atoms with Crippen LogP contribution in [0.2, 0.25) is 5.15 Å². The molecule has 0 saturated heterocycles. The molecule has 1 aliphatic rings. The molecule has 0 spiro atoms. The average Bonchev–Trinajstić information content (AvgIpc) is 3.28. The van der Waals surface area contributed by atoms with E-state index in [4.69, 9.17) is 11.6 Å². The molecule has 4 aromatic rings. The van der Waals surface area contributed by atoms with Gasteiger partial charge in [-0.25, -0.2) is 4.98 Å². The zero-order valence-corrected chi connectivity index (χ0v) is 15.8. The fourth-order valence-electron chi connectivity index (χ4n) is 3.22. The number of nitrogens with one attached hydrogen (secondary N) is 1. The zero-order chi connectivity index (χ0) is 19.8. The zero-order valence-electron chi connectivity index (χ0n) is 15.0. The molecular formula is C22H14ClN5O. The minimum Gasteiger partial charge on any atom is -0.494 e. The number of fused-ring (bicyclic) bond motifs is 2. The first-order valence-electron chi connectivity index (χ1n) is 8.90. The molecule has 0 saturated carbocycles. The number of rotatable bonds is 3. The molecule has 1 aromatic carbocycles. The lowest BCUT2D eigenvalue weighted by atomic mass is 10.1. The molecule has 2 N–H and O–H groups in total. The van der Waals surface area contributed by atoms with Crippen LogP contribution in [0.25, 0.3) is 28.9 Å². The van der Waals surface area contributed by atoms with Gasteiger partial charge < -0.3 is 10.1 Å². The van der Waals surface area contributed by atoms with Crippen LogP contribution < -0.4 is 10.4 Å². The first-order chi connectivity index (χ1) is 14.2. The maximum Gasteiger partial charge on any atom is 0.198 e. The highest BCUT2D eigenvalue weighted by Gasteiger charge is 2.11. The fourth-order valence-corrected chi connectivity index (χ4v) is 3.37. The number of pyridine rings is 2. The van der Waals surface area contributed by atoms with Crippen LogP contribution in [-0.4, -0.2) is 20.1 Å². The third-order valence-corrected chi connectivity index (χ3v) is 4.85. The van der Waals surface area contributed by atoms with E-state index in [0.29, 0.717) is 16.2 Å². The van der Waals surface area contributed by atoms with Gasteiger partial charge in [0.1, 0.15) is 10.7 Å². The Morgan fingerprint density at radius 2 is 1.83 bits per heavy atom. The number of benzene rings is 1. The van der Waals surface area contributed by atoms with Gasteiger partial charge in [-0.15, -0.1) is 10.2 Å². The Bertz CT molecular complexity index is 1420. The van der Waals surface area contributed by atoms with Gasteiger partial charge >= 0.3 is 0 Å². The largest absolute Gasteiger partial charge is 0.494 e. The van der Waals surface area contributed by atoms with E-state index in [1.165, 1.54) is 0 Å². The number of hydrogen-bond donors (Lipinski definition) is 2. The van der Waals surface area contributed by atoms with E-state index in [2.05, 4.69) is 25.2 Å². The van der Waals surface area contributed by atoms with Crippen molar-refractivity contribution >= 4 is 46.2 Å². The Hall–Kier alpha value is -3.77. The molecule has 6 nitrogen and oxygen atoms in total. The fraction of sp³-hybridized carbons (Fsp3) is 0. The molecule has 0 amide bonds. The summed E-state index contributed by atoms with van der Waals surface area (Å²) in [4.78, 5) is 11.2. The lowest BCUT2D eigenvalue weighted by Gasteiger charge is -1.95. The van der Waals surface area contributed by atoms with Crippen molar-refractivity contribution < 1.29 is 5.11 Å². The standard InChI is InChI=1S/C22H14ClN5O/c23-20-6-5-18-21(26-20)16(22(29)25-18)11-14-1-3-15-17(27-28-19(15)12-14)4-2-13-7-9-24-10-8-13/h1-12,25,29H. The minimum absolute atomic E-state index is 0.0458. The number of halogens is 1.